The summed E-state index contributed by atoms with van der Waals surface area (Å²) in [6.07, 6.45) is 7.34. The van der Waals surface area contributed by atoms with Crippen molar-refractivity contribution in [3.8, 4) is 0 Å². The van der Waals surface area contributed by atoms with Crippen LogP contribution in [-0.2, 0) is 28.9 Å². The molecule has 8 heteroatoms. The SMILES string of the molecule is CC1CCN(Cc2nc(NC[C@@H]([C@H]3CCOC3)N3CCOCC3)c3c4c(sc3n2)CCC4)CC1. The predicted molar refractivity (Wildman–Crippen MR) is 137 cm³/mol. The van der Waals surface area contributed by atoms with Crippen LogP contribution < -0.4 is 5.32 Å². The first-order valence-corrected chi connectivity index (χ1v) is 14.2. The summed E-state index contributed by atoms with van der Waals surface area (Å²) in [5.74, 6) is 3.47. The van der Waals surface area contributed by atoms with Crippen molar-refractivity contribution < 1.29 is 9.47 Å². The number of hydrogen-bond donors (Lipinski definition) is 1. The van der Waals surface area contributed by atoms with Crippen molar-refractivity contribution in [2.45, 2.75) is 58.0 Å². The van der Waals surface area contributed by atoms with Crippen molar-refractivity contribution in [3.63, 3.8) is 0 Å². The number of hydrogen-bond acceptors (Lipinski definition) is 8. The molecule has 1 aliphatic carbocycles. The van der Waals surface area contributed by atoms with E-state index in [9.17, 15) is 0 Å². The van der Waals surface area contributed by atoms with Gasteiger partial charge in [-0.2, -0.15) is 0 Å². The predicted octanol–water partition coefficient (Wildman–Crippen LogP) is 3.56. The summed E-state index contributed by atoms with van der Waals surface area (Å²) in [5, 5.41) is 5.16. The van der Waals surface area contributed by atoms with E-state index < -0.39 is 0 Å². The normalized spacial score (nSPS) is 25.7. The van der Waals surface area contributed by atoms with E-state index in [1.807, 2.05) is 11.3 Å². The average Bonchev–Trinajstić information content (AvgIpc) is 3.60. The largest absolute Gasteiger partial charge is 0.381 e. The van der Waals surface area contributed by atoms with Gasteiger partial charge in [0.25, 0.3) is 0 Å². The second-order valence-corrected chi connectivity index (χ2v) is 11.8. The minimum atomic E-state index is 0.454. The fraction of sp³-hybridized carbons (Fsp3) is 0.769. The third-order valence-electron chi connectivity index (χ3n) is 8.35. The number of aryl methyl sites for hydroxylation is 2. The van der Waals surface area contributed by atoms with E-state index in [2.05, 4.69) is 22.0 Å². The monoisotopic (exact) mass is 485 g/mol. The summed E-state index contributed by atoms with van der Waals surface area (Å²) in [7, 11) is 0. The van der Waals surface area contributed by atoms with Crippen LogP contribution in [0.25, 0.3) is 10.2 Å². The molecule has 2 aromatic heterocycles. The van der Waals surface area contributed by atoms with E-state index in [4.69, 9.17) is 19.4 Å². The molecule has 2 atom stereocenters. The summed E-state index contributed by atoms with van der Waals surface area (Å²) in [4.78, 5) is 18.1. The molecular formula is C26H39N5O2S. The Balaban J connectivity index is 1.26. The van der Waals surface area contributed by atoms with Gasteiger partial charge in [-0.25, -0.2) is 9.97 Å². The molecule has 2 aromatic rings. The Hall–Kier alpha value is -1.32. The highest BCUT2D eigenvalue weighted by atomic mass is 32.1. The molecular weight excluding hydrogens is 446 g/mol. The highest BCUT2D eigenvalue weighted by Crippen LogP contribution is 2.40. The standard InChI is InChI=1S/C26H39N5O2S/c1-18-5-8-30(9-6-18)16-23-28-25(24-20-3-2-4-22(20)34-26(24)29-23)27-15-21(19-7-12-33-17-19)31-10-13-32-14-11-31/h18-19,21H,2-17H2,1H3,(H,27,28,29)/t19-,21-/m0/s1. The summed E-state index contributed by atoms with van der Waals surface area (Å²) < 4.78 is 11.4. The molecule has 0 unspecified atom stereocenters. The van der Waals surface area contributed by atoms with Crippen molar-refractivity contribution in [2.75, 3.05) is 64.5 Å². The van der Waals surface area contributed by atoms with E-state index in [1.165, 1.54) is 52.8 Å². The number of nitrogens with zero attached hydrogens (tertiary/aromatic N) is 4. The Labute approximate surface area is 207 Å². The van der Waals surface area contributed by atoms with E-state index in [0.717, 1.165) is 89.7 Å². The molecule has 0 spiro atoms. The number of morpholine rings is 1. The lowest BCUT2D eigenvalue weighted by atomic mass is 9.96. The number of anilines is 1. The molecule has 34 heavy (non-hydrogen) atoms. The lowest BCUT2D eigenvalue weighted by molar-refractivity contribution is 0.00460. The third kappa shape index (κ3) is 4.85. The van der Waals surface area contributed by atoms with Crippen molar-refractivity contribution in [2.24, 2.45) is 11.8 Å². The van der Waals surface area contributed by atoms with Gasteiger partial charge in [0.2, 0.25) is 0 Å². The maximum Gasteiger partial charge on any atom is 0.146 e. The van der Waals surface area contributed by atoms with E-state index in [1.54, 1.807) is 0 Å². The van der Waals surface area contributed by atoms with E-state index in [-0.39, 0.29) is 0 Å². The van der Waals surface area contributed by atoms with Crippen LogP contribution >= 0.6 is 11.3 Å². The van der Waals surface area contributed by atoms with Gasteiger partial charge in [0.1, 0.15) is 16.5 Å². The lowest BCUT2D eigenvalue weighted by Gasteiger charge is -2.37. The molecule has 0 bridgehead atoms. The zero-order valence-electron chi connectivity index (χ0n) is 20.6. The molecule has 3 fully saturated rings. The van der Waals surface area contributed by atoms with Crippen molar-refractivity contribution >= 4 is 27.4 Å². The highest BCUT2D eigenvalue weighted by molar-refractivity contribution is 7.19. The lowest BCUT2D eigenvalue weighted by Crippen LogP contribution is -2.50. The molecule has 3 aliphatic heterocycles. The van der Waals surface area contributed by atoms with Gasteiger partial charge >= 0.3 is 0 Å². The number of nitrogens with one attached hydrogen (secondary N) is 1. The summed E-state index contributed by atoms with van der Waals surface area (Å²) in [6.45, 7) is 11.9. The molecule has 7 nitrogen and oxygen atoms in total. The van der Waals surface area contributed by atoms with Gasteiger partial charge < -0.3 is 14.8 Å². The Morgan fingerprint density at radius 3 is 2.68 bits per heavy atom. The zero-order valence-corrected chi connectivity index (χ0v) is 21.4. The van der Waals surface area contributed by atoms with Gasteiger partial charge in [0.05, 0.1) is 31.8 Å². The third-order valence-corrected chi connectivity index (χ3v) is 9.54. The van der Waals surface area contributed by atoms with Crippen LogP contribution in [0.4, 0.5) is 5.82 Å². The maximum absolute atomic E-state index is 5.80. The van der Waals surface area contributed by atoms with Crippen LogP contribution in [0.3, 0.4) is 0 Å². The number of piperidine rings is 1. The Morgan fingerprint density at radius 1 is 1.03 bits per heavy atom. The smallest absolute Gasteiger partial charge is 0.146 e. The Morgan fingerprint density at radius 2 is 1.88 bits per heavy atom. The molecule has 3 saturated heterocycles. The van der Waals surface area contributed by atoms with Crippen molar-refractivity contribution in [1.82, 2.24) is 19.8 Å². The maximum atomic E-state index is 5.80. The average molecular weight is 486 g/mol. The second-order valence-electron chi connectivity index (χ2n) is 10.7. The van der Waals surface area contributed by atoms with Gasteiger partial charge in [-0.15, -0.1) is 11.3 Å². The molecule has 186 valence electrons. The Bertz CT molecular complexity index is 977. The second kappa shape index (κ2) is 10.3. The first kappa shape index (κ1) is 23.1. The van der Waals surface area contributed by atoms with E-state index >= 15 is 0 Å². The molecule has 0 radical (unpaired) electrons. The van der Waals surface area contributed by atoms with Crippen LogP contribution in [0, 0.1) is 11.8 Å². The molecule has 0 amide bonds. The van der Waals surface area contributed by atoms with Crippen LogP contribution in [-0.4, -0.2) is 85.0 Å². The molecule has 6 rings (SSSR count). The summed E-state index contributed by atoms with van der Waals surface area (Å²) in [6, 6.07) is 0.454. The number of ether oxygens (including phenoxy) is 2. The van der Waals surface area contributed by atoms with Crippen LogP contribution in [0.15, 0.2) is 0 Å². The number of thiophene rings is 1. The molecule has 0 aromatic carbocycles. The minimum absolute atomic E-state index is 0.454. The van der Waals surface area contributed by atoms with Crippen LogP contribution in [0.5, 0.6) is 0 Å². The fourth-order valence-electron chi connectivity index (χ4n) is 6.22. The van der Waals surface area contributed by atoms with Gasteiger partial charge in [-0.1, -0.05) is 6.92 Å². The molecule has 0 saturated carbocycles. The number of aromatic nitrogens is 2. The molecule has 4 aliphatic rings. The Kier molecular flexibility index (Phi) is 7.03. The van der Waals surface area contributed by atoms with Crippen LogP contribution in [0.1, 0.15) is 48.9 Å². The van der Waals surface area contributed by atoms with E-state index in [0.29, 0.717) is 12.0 Å². The fourth-order valence-corrected chi connectivity index (χ4v) is 7.50. The highest BCUT2D eigenvalue weighted by Gasteiger charge is 2.32. The number of likely N-dealkylation sites (tertiary alicyclic amines) is 1. The first-order valence-electron chi connectivity index (χ1n) is 13.4. The molecule has 5 heterocycles. The van der Waals surface area contributed by atoms with Gasteiger partial charge in [0.15, 0.2) is 0 Å². The zero-order chi connectivity index (χ0) is 22.9. The summed E-state index contributed by atoms with van der Waals surface area (Å²) >= 11 is 1.91. The van der Waals surface area contributed by atoms with Crippen LogP contribution in [0.2, 0.25) is 0 Å². The van der Waals surface area contributed by atoms with Gasteiger partial charge in [0, 0.05) is 43.1 Å². The minimum Gasteiger partial charge on any atom is -0.381 e. The van der Waals surface area contributed by atoms with Gasteiger partial charge in [-0.3, -0.25) is 9.80 Å². The van der Waals surface area contributed by atoms with Crippen molar-refractivity contribution in [3.05, 3.63) is 16.3 Å². The van der Waals surface area contributed by atoms with Crippen molar-refractivity contribution in [1.29, 1.82) is 0 Å². The summed E-state index contributed by atoms with van der Waals surface area (Å²) in [5.41, 5.74) is 1.51. The number of fused-ring (bicyclic) bond motifs is 3. The molecule has 1 N–H and O–H groups in total. The first-order chi connectivity index (χ1) is 16.7. The number of rotatable bonds is 7. The topological polar surface area (TPSA) is 62.8 Å². The van der Waals surface area contributed by atoms with Gasteiger partial charge in [-0.05, 0) is 63.1 Å². The quantitative estimate of drug-likeness (QED) is 0.643.